The van der Waals surface area contributed by atoms with Crippen molar-refractivity contribution in [3.8, 4) is 6.07 Å². The number of benzene rings is 1. The van der Waals surface area contributed by atoms with E-state index >= 15 is 0 Å². The van der Waals surface area contributed by atoms with Crippen LogP contribution in [0.25, 0.3) is 0 Å². The van der Waals surface area contributed by atoms with E-state index < -0.39 is 0 Å². The van der Waals surface area contributed by atoms with E-state index in [1.54, 1.807) is 0 Å². The number of hydrogen-bond acceptors (Lipinski definition) is 3. The van der Waals surface area contributed by atoms with Crippen LogP contribution in [0.2, 0.25) is 0 Å². The molecular weight excluding hydrogens is 222 g/mol. The van der Waals surface area contributed by atoms with Gasteiger partial charge in [0.05, 0.1) is 11.3 Å². The second-order valence-corrected chi connectivity index (χ2v) is 5.53. The summed E-state index contributed by atoms with van der Waals surface area (Å²) in [4.78, 5) is 2.35. The maximum Gasteiger partial charge on any atom is 0.101 e. The molecule has 0 spiro atoms. The van der Waals surface area contributed by atoms with Crippen molar-refractivity contribution in [3.05, 3.63) is 29.8 Å². The summed E-state index contributed by atoms with van der Waals surface area (Å²) in [6.45, 7) is 7.54. The Morgan fingerprint density at radius 2 is 2.06 bits per heavy atom. The molecule has 3 nitrogen and oxygen atoms in total. The van der Waals surface area contributed by atoms with Crippen LogP contribution in [0.3, 0.4) is 0 Å². The van der Waals surface area contributed by atoms with Gasteiger partial charge in [-0.1, -0.05) is 12.1 Å². The van der Waals surface area contributed by atoms with Gasteiger partial charge in [0.15, 0.2) is 0 Å². The fourth-order valence-electron chi connectivity index (χ4n) is 2.40. The lowest BCUT2D eigenvalue weighted by atomic mass is 9.98. The average Bonchev–Trinajstić information content (AvgIpc) is 2.35. The monoisotopic (exact) mass is 243 g/mol. The average molecular weight is 243 g/mol. The van der Waals surface area contributed by atoms with Crippen LogP contribution >= 0.6 is 0 Å². The Kier molecular flexibility index (Phi) is 3.88. The molecule has 18 heavy (non-hydrogen) atoms. The molecule has 96 valence electrons. The van der Waals surface area contributed by atoms with E-state index in [4.69, 9.17) is 0 Å². The van der Waals surface area contributed by atoms with Crippen molar-refractivity contribution in [1.29, 1.82) is 5.26 Å². The van der Waals surface area contributed by atoms with Crippen molar-refractivity contribution in [1.82, 2.24) is 5.32 Å². The molecule has 0 radical (unpaired) electrons. The van der Waals surface area contributed by atoms with Crippen LogP contribution in [0.15, 0.2) is 24.3 Å². The lowest BCUT2D eigenvalue weighted by Crippen LogP contribution is -2.46. The summed E-state index contributed by atoms with van der Waals surface area (Å²) in [5.41, 5.74) is 2.04. The zero-order valence-corrected chi connectivity index (χ0v) is 11.2. The number of anilines is 1. The standard InChI is InChI=1S/C15H21N3/c1-15(2)8-11-18(10-5-9-17-15)14-7-4-3-6-13(14)12-16/h3-4,6-7,17H,5,8-11H2,1-2H3. The first-order valence-electron chi connectivity index (χ1n) is 6.61. The zero-order chi connectivity index (χ0) is 13.0. The highest BCUT2D eigenvalue weighted by atomic mass is 15.1. The molecule has 0 aromatic heterocycles. The van der Waals surface area contributed by atoms with Gasteiger partial charge in [-0.15, -0.1) is 0 Å². The Morgan fingerprint density at radius 3 is 2.83 bits per heavy atom. The van der Waals surface area contributed by atoms with E-state index in [2.05, 4.69) is 36.2 Å². The number of nitriles is 1. The molecule has 3 heteroatoms. The van der Waals surface area contributed by atoms with Gasteiger partial charge < -0.3 is 10.2 Å². The first-order chi connectivity index (χ1) is 8.62. The number of para-hydroxylation sites is 1. The Labute approximate surface area is 109 Å². The smallest absolute Gasteiger partial charge is 0.101 e. The van der Waals surface area contributed by atoms with Crippen molar-refractivity contribution in [3.63, 3.8) is 0 Å². The molecule has 0 aliphatic carbocycles. The predicted molar refractivity (Wildman–Crippen MR) is 74.7 cm³/mol. The molecule has 1 fully saturated rings. The van der Waals surface area contributed by atoms with Gasteiger partial charge in [-0.25, -0.2) is 0 Å². The fourth-order valence-corrected chi connectivity index (χ4v) is 2.40. The minimum absolute atomic E-state index is 0.181. The van der Waals surface area contributed by atoms with Gasteiger partial charge >= 0.3 is 0 Å². The van der Waals surface area contributed by atoms with Crippen LogP contribution in [-0.4, -0.2) is 25.2 Å². The van der Waals surface area contributed by atoms with Crippen molar-refractivity contribution in [2.24, 2.45) is 0 Å². The summed E-state index contributed by atoms with van der Waals surface area (Å²) < 4.78 is 0. The third kappa shape index (κ3) is 3.02. The van der Waals surface area contributed by atoms with Crippen LogP contribution in [0, 0.1) is 11.3 Å². The summed E-state index contributed by atoms with van der Waals surface area (Å²) in [5, 5.41) is 12.8. The predicted octanol–water partition coefficient (Wildman–Crippen LogP) is 2.53. The second-order valence-electron chi connectivity index (χ2n) is 5.53. The molecule has 0 unspecified atom stereocenters. The SMILES string of the molecule is CC1(C)CCN(c2ccccc2C#N)CCCN1. The van der Waals surface area contributed by atoms with E-state index in [9.17, 15) is 5.26 Å². The summed E-state index contributed by atoms with van der Waals surface area (Å²) in [5.74, 6) is 0. The highest BCUT2D eigenvalue weighted by Crippen LogP contribution is 2.22. The Bertz CT molecular complexity index is 445. The molecule has 1 heterocycles. The maximum atomic E-state index is 9.19. The third-order valence-electron chi connectivity index (χ3n) is 3.58. The number of hydrogen-bond donors (Lipinski definition) is 1. The molecule has 0 bridgehead atoms. The number of nitrogens with zero attached hydrogens (tertiary/aromatic N) is 2. The summed E-state index contributed by atoms with van der Waals surface area (Å²) >= 11 is 0. The molecule has 1 aromatic rings. The van der Waals surface area contributed by atoms with Gasteiger partial charge in [0, 0.05) is 18.6 Å². The van der Waals surface area contributed by atoms with Gasteiger partial charge in [0.1, 0.15) is 6.07 Å². The van der Waals surface area contributed by atoms with Gasteiger partial charge in [0.25, 0.3) is 0 Å². The lowest BCUT2D eigenvalue weighted by molar-refractivity contribution is 0.346. The van der Waals surface area contributed by atoms with Crippen molar-refractivity contribution in [2.75, 3.05) is 24.5 Å². The number of rotatable bonds is 1. The highest BCUT2D eigenvalue weighted by Gasteiger charge is 2.21. The molecule has 0 amide bonds. The van der Waals surface area contributed by atoms with Crippen molar-refractivity contribution in [2.45, 2.75) is 32.2 Å². The van der Waals surface area contributed by atoms with Crippen LogP contribution in [0.1, 0.15) is 32.3 Å². The molecule has 2 rings (SSSR count). The maximum absolute atomic E-state index is 9.19. The molecular formula is C15H21N3. The van der Waals surface area contributed by atoms with Crippen LogP contribution in [0.4, 0.5) is 5.69 Å². The van der Waals surface area contributed by atoms with Crippen molar-refractivity contribution >= 4 is 5.69 Å². The molecule has 1 saturated heterocycles. The van der Waals surface area contributed by atoms with E-state index in [0.29, 0.717) is 0 Å². The Balaban J connectivity index is 2.19. The first-order valence-corrected chi connectivity index (χ1v) is 6.61. The summed E-state index contributed by atoms with van der Waals surface area (Å²) in [6, 6.07) is 10.2. The third-order valence-corrected chi connectivity index (χ3v) is 3.58. The van der Waals surface area contributed by atoms with Gasteiger partial charge in [-0.2, -0.15) is 5.26 Å². The molecule has 1 aromatic carbocycles. The van der Waals surface area contributed by atoms with Crippen molar-refractivity contribution < 1.29 is 0 Å². The molecule has 0 atom stereocenters. The van der Waals surface area contributed by atoms with Crippen LogP contribution < -0.4 is 10.2 Å². The molecule has 0 saturated carbocycles. The van der Waals surface area contributed by atoms with E-state index in [1.807, 2.05) is 18.2 Å². The largest absolute Gasteiger partial charge is 0.370 e. The lowest BCUT2D eigenvalue weighted by Gasteiger charge is -2.35. The topological polar surface area (TPSA) is 39.1 Å². The minimum Gasteiger partial charge on any atom is -0.370 e. The molecule has 1 aliphatic heterocycles. The summed E-state index contributed by atoms with van der Waals surface area (Å²) in [6.07, 6.45) is 2.20. The van der Waals surface area contributed by atoms with Crippen LogP contribution in [0.5, 0.6) is 0 Å². The first kappa shape index (κ1) is 12.9. The zero-order valence-electron chi connectivity index (χ0n) is 11.2. The number of nitrogens with one attached hydrogen (secondary N) is 1. The van der Waals surface area contributed by atoms with E-state index in [1.165, 1.54) is 0 Å². The summed E-state index contributed by atoms with van der Waals surface area (Å²) in [7, 11) is 0. The van der Waals surface area contributed by atoms with Gasteiger partial charge in [-0.3, -0.25) is 0 Å². The van der Waals surface area contributed by atoms with Gasteiger partial charge in [-0.05, 0) is 45.4 Å². The minimum atomic E-state index is 0.181. The quantitative estimate of drug-likeness (QED) is 0.824. The normalized spacial score (nSPS) is 19.7. The molecule has 1 aliphatic rings. The Hall–Kier alpha value is -1.53. The second kappa shape index (κ2) is 5.41. The van der Waals surface area contributed by atoms with E-state index in [-0.39, 0.29) is 5.54 Å². The van der Waals surface area contributed by atoms with Gasteiger partial charge in [0.2, 0.25) is 0 Å². The fraction of sp³-hybridized carbons (Fsp3) is 0.533. The highest BCUT2D eigenvalue weighted by molar-refractivity contribution is 5.59. The van der Waals surface area contributed by atoms with E-state index in [0.717, 1.165) is 43.7 Å². The van der Waals surface area contributed by atoms with Crippen LogP contribution in [-0.2, 0) is 0 Å². The molecule has 1 N–H and O–H groups in total. The Morgan fingerprint density at radius 1 is 1.28 bits per heavy atom.